The van der Waals surface area contributed by atoms with E-state index in [4.69, 9.17) is 5.73 Å². The SMILES string of the molecule is CC(=O)Nc1c[nH]c(=O)c2c(N)c(C#N)c(-c3ccccc3)cc12. The third-order valence-corrected chi connectivity index (χ3v) is 3.74. The van der Waals surface area contributed by atoms with Gasteiger partial charge in [0.1, 0.15) is 6.07 Å². The molecule has 0 aliphatic rings. The number of rotatable bonds is 2. The number of nitriles is 1. The maximum absolute atomic E-state index is 12.2. The van der Waals surface area contributed by atoms with Gasteiger partial charge in [0.15, 0.2) is 0 Å². The van der Waals surface area contributed by atoms with Gasteiger partial charge in [-0.25, -0.2) is 0 Å². The molecule has 0 spiro atoms. The predicted octanol–water partition coefficient (Wildman–Crippen LogP) is 2.61. The van der Waals surface area contributed by atoms with Gasteiger partial charge in [0.05, 0.1) is 22.3 Å². The summed E-state index contributed by atoms with van der Waals surface area (Å²) in [4.78, 5) is 26.2. The lowest BCUT2D eigenvalue weighted by Crippen LogP contribution is -2.14. The number of nitrogen functional groups attached to an aromatic ring is 1. The Balaban J connectivity index is 2.45. The molecule has 0 radical (unpaired) electrons. The maximum atomic E-state index is 12.2. The fourth-order valence-electron chi connectivity index (χ4n) is 2.71. The number of pyridine rings is 1. The number of benzene rings is 2. The minimum atomic E-state index is -0.410. The number of nitrogens with two attached hydrogens (primary N) is 1. The van der Waals surface area contributed by atoms with Crippen LogP contribution in [-0.4, -0.2) is 10.9 Å². The van der Waals surface area contributed by atoms with Crippen molar-refractivity contribution in [3.05, 3.63) is 58.5 Å². The van der Waals surface area contributed by atoms with E-state index in [0.717, 1.165) is 5.56 Å². The van der Waals surface area contributed by atoms with Gasteiger partial charge in [-0.15, -0.1) is 0 Å². The molecule has 118 valence electrons. The Morgan fingerprint density at radius 2 is 2.00 bits per heavy atom. The van der Waals surface area contributed by atoms with Crippen LogP contribution < -0.4 is 16.6 Å². The molecule has 0 saturated carbocycles. The highest BCUT2D eigenvalue weighted by molar-refractivity contribution is 6.08. The highest BCUT2D eigenvalue weighted by Crippen LogP contribution is 2.35. The van der Waals surface area contributed by atoms with E-state index in [1.807, 2.05) is 30.3 Å². The Labute approximate surface area is 137 Å². The first kappa shape index (κ1) is 15.3. The number of amides is 1. The van der Waals surface area contributed by atoms with E-state index in [1.54, 1.807) is 6.07 Å². The number of aromatic nitrogens is 1. The monoisotopic (exact) mass is 318 g/mol. The second-order valence-corrected chi connectivity index (χ2v) is 5.33. The molecule has 0 aliphatic heterocycles. The highest BCUT2D eigenvalue weighted by Gasteiger charge is 2.17. The van der Waals surface area contributed by atoms with E-state index in [9.17, 15) is 14.9 Å². The fraction of sp³-hybridized carbons (Fsp3) is 0.0556. The van der Waals surface area contributed by atoms with E-state index in [0.29, 0.717) is 16.6 Å². The molecule has 1 heterocycles. The van der Waals surface area contributed by atoms with Crippen LogP contribution in [0.25, 0.3) is 21.9 Å². The number of nitrogens with zero attached hydrogens (tertiary/aromatic N) is 1. The topological polar surface area (TPSA) is 112 Å². The summed E-state index contributed by atoms with van der Waals surface area (Å²) in [5.74, 6) is -0.271. The number of nitrogens with one attached hydrogen (secondary N) is 2. The second-order valence-electron chi connectivity index (χ2n) is 5.33. The molecule has 0 atom stereocenters. The normalized spacial score (nSPS) is 10.3. The van der Waals surface area contributed by atoms with Crippen molar-refractivity contribution < 1.29 is 4.79 Å². The van der Waals surface area contributed by atoms with Gasteiger partial charge >= 0.3 is 0 Å². The van der Waals surface area contributed by atoms with Crippen LogP contribution in [0, 0.1) is 11.3 Å². The van der Waals surface area contributed by atoms with Crippen LogP contribution in [0.15, 0.2) is 47.4 Å². The Bertz CT molecular complexity index is 1050. The zero-order valence-corrected chi connectivity index (χ0v) is 12.9. The predicted molar refractivity (Wildman–Crippen MR) is 93.4 cm³/mol. The maximum Gasteiger partial charge on any atom is 0.258 e. The van der Waals surface area contributed by atoms with Gasteiger partial charge in [-0.1, -0.05) is 30.3 Å². The minimum Gasteiger partial charge on any atom is -0.397 e. The van der Waals surface area contributed by atoms with Crippen LogP contribution in [0.1, 0.15) is 12.5 Å². The molecule has 0 bridgehead atoms. The van der Waals surface area contributed by atoms with Crippen LogP contribution in [0.2, 0.25) is 0 Å². The van der Waals surface area contributed by atoms with Crippen molar-refractivity contribution in [3.8, 4) is 17.2 Å². The lowest BCUT2D eigenvalue weighted by atomic mass is 9.94. The molecule has 1 amide bonds. The van der Waals surface area contributed by atoms with Crippen molar-refractivity contribution in [2.24, 2.45) is 0 Å². The Kier molecular flexibility index (Phi) is 3.76. The first-order valence-electron chi connectivity index (χ1n) is 7.24. The van der Waals surface area contributed by atoms with E-state index in [-0.39, 0.29) is 22.5 Å². The molecular formula is C18H14N4O2. The number of hydrogen-bond acceptors (Lipinski definition) is 4. The molecule has 0 fully saturated rings. The van der Waals surface area contributed by atoms with Crippen LogP contribution in [0.4, 0.5) is 11.4 Å². The Hall–Kier alpha value is -3.59. The van der Waals surface area contributed by atoms with Crippen molar-refractivity contribution in [1.29, 1.82) is 5.26 Å². The van der Waals surface area contributed by atoms with E-state index >= 15 is 0 Å². The number of anilines is 2. The quantitative estimate of drug-likeness (QED) is 0.630. The summed E-state index contributed by atoms with van der Waals surface area (Å²) >= 11 is 0. The molecule has 0 saturated heterocycles. The molecule has 6 heteroatoms. The molecule has 1 aromatic heterocycles. The minimum absolute atomic E-state index is 0.0994. The first-order chi connectivity index (χ1) is 11.5. The number of carbonyl (C=O) groups excluding carboxylic acids is 1. The summed E-state index contributed by atoms with van der Waals surface area (Å²) in [6.07, 6.45) is 1.42. The fourth-order valence-corrected chi connectivity index (χ4v) is 2.71. The summed E-state index contributed by atoms with van der Waals surface area (Å²) in [7, 11) is 0. The molecule has 2 aromatic carbocycles. The van der Waals surface area contributed by atoms with Crippen LogP contribution in [0.3, 0.4) is 0 Å². The Morgan fingerprint density at radius 3 is 2.62 bits per heavy atom. The first-order valence-corrected chi connectivity index (χ1v) is 7.24. The van der Waals surface area contributed by atoms with Gasteiger partial charge in [-0.3, -0.25) is 9.59 Å². The number of H-pyrrole nitrogens is 1. The molecular weight excluding hydrogens is 304 g/mol. The second kappa shape index (κ2) is 5.89. The van der Waals surface area contributed by atoms with Crippen molar-refractivity contribution in [2.75, 3.05) is 11.1 Å². The summed E-state index contributed by atoms with van der Waals surface area (Å²) in [5, 5.41) is 12.9. The zero-order valence-electron chi connectivity index (χ0n) is 12.9. The molecule has 24 heavy (non-hydrogen) atoms. The molecule has 4 N–H and O–H groups in total. The number of fused-ring (bicyclic) bond motifs is 1. The molecule has 0 unspecified atom stereocenters. The molecule has 6 nitrogen and oxygen atoms in total. The summed E-state index contributed by atoms with van der Waals surface area (Å²) < 4.78 is 0. The van der Waals surface area contributed by atoms with Crippen molar-refractivity contribution in [3.63, 3.8) is 0 Å². The van der Waals surface area contributed by atoms with Gasteiger partial charge in [0, 0.05) is 24.1 Å². The molecule has 3 rings (SSSR count). The number of aromatic amines is 1. The average molecular weight is 318 g/mol. The zero-order chi connectivity index (χ0) is 17.3. The van der Waals surface area contributed by atoms with Gasteiger partial charge in [-0.05, 0) is 11.6 Å². The largest absolute Gasteiger partial charge is 0.397 e. The Morgan fingerprint density at radius 1 is 1.29 bits per heavy atom. The van der Waals surface area contributed by atoms with Crippen molar-refractivity contribution in [2.45, 2.75) is 6.92 Å². The summed E-state index contributed by atoms with van der Waals surface area (Å²) in [6, 6.07) is 13.1. The van der Waals surface area contributed by atoms with Gasteiger partial charge in [0.2, 0.25) is 5.91 Å². The van der Waals surface area contributed by atoms with E-state index in [2.05, 4.69) is 16.4 Å². The van der Waals surface area contributed by atoms with Crippen molar-refractivity contribution >= 4 is 28.1 Å². The third-order valence-electron chi connectivity index (χ3n) is 3.74. The van der Waals surface area contributed by atoms with E-state index < -0.39 is 5.56 Å². The van der Waals surface area contributed by atoms with Gasteiger partial charge in [0.25, 0.3) is 5.56 Å². The van der Waals surface area contributed by atoms with E-state index in [1.165, 1.54) is 13.1 Å². The number of carbonyl (C=O) groups is 1. The standard InChI is InChI=1S/C18H14N4O2/c1-10(23)22-15-9-21-18(24)16-13(15)7-12(14(8-19)17(16)20)11-5-3-2-4-6-11/h2-7,9H,20H2,1H3,(H,21,24)(H,22,23). The average Bonchev–Trinajstić information content (AvgIpc) is 2.57. The lowest BCUT2D eigenvalue weighted by Gasteiger charge is -2.13. The highest BCUT2D eigenvalue weighted by atomic mass is 16.1. The third kappa shape index (κ3) is 2.48. The summed E-state index contributed by atoms with van der Waals surface area (Å²) in [5.41, 5.74) is 7.89. The van der Waals surface area contributed by atoms with Crippen LogP contribution in [-0.2, 0) is 4.79 Å². The summed E-state index contributed by atoms with van der Waals surface area (Å²) in [6.45, 7) is 1.38. The van der Waals surface area contributed by atoms with Crippen LogP contribution in [0.5, 0.6) is 0 Å². The molecule has 3 aromatic rings. The lowest BCUT2D eigenvalue weighted by molar-refractivity contribution is -0.114. The smallest absolute Gasteiger partial charge is 0.258 e. The van der Waals surface area contributed by atoms with Gasteiger partial charge < -0.3 is 16.0 Å². The molecule has 0 aliphatic carbocycles. The number of hydrogen-bond donors (Lipinski definition) is 3. The van der Waals surface area contributed by atoms with Crippen LogP contribution >= 0.6 is 0 Å². The van der Waals surface area contributed by atoms with Crippen molar-refractivity contribution in [1.82, 2.24) is 4.98 Å². The van der Waals surface area contributed by atoms with Gasteiger partial charge in [-0.2, -0.15) is 5.26 Å².